The molecule has 0 unspecified atom stereocenters. The molecule has 2 heteroatoms. The second-order valence-corrected chi connectivity index (χ2v) is 7.30. The first kappa shape index (κ1) is 12.7. The zero-order valence-corrected chi connectivity index (χ0v) is 12.7. The lowest BCUT2D eigenvalue weighted by Crippen LogP contribution is -2.59. The number of phenols is 1. The third-order valence-corrected chi connectivity index (χ3v) is 6.45. The smallest absolute Gasteiger partial charge is 0.116 e. The molecule has 1 aliphatic heterocycles. The molecule has 0 spiro atoms. The second kappa shape index (κ2) is 4.24. The van der Waals surface area contributed by atoms with Crippen molar-refractivity contribution in [3.63, 3.8) is 0 Å². The van der Waals surface area contributed by atoms with E-state index in [0.717, 1.165) is 12.0 Å². The number of fused-ring (bicyclic) bond motifs is 1. The average Bonchev–Trinajstić information content (AvgIpc) is 2.44. The Bertz CT molecular complexity index is 553. The summed E-state index contributed by atoms with van der Waals surface area (Å²) in [4.78, 5) is 2.60. The molecule has 0 aromatic heterocycles. The van der Waals surface area contributed by atoms with Crippen molar-refractivity contribution in [1.82, 2.24) is 4.90 Å². The van der Waals surface area contributed by atoms with Gasteiger partial charge in [0, 0.05) is 11.5 Å². The number of likely N-dealkylation sites (N-methyl/N-ethyl adjacent to an activating group) is 1. The molecule has 1 saturated heterocycles. The van der Waals surface area contributed by atoms with Crippen LogP contribution in [0.15, 0.2) is 12.1 Å². The molecule has 2 aliphatic carbocycles. The highest BCUT2D eigenvalue weighted by Gasteiger charge is 2.53. The van der Waals surface area contributed by atoms with Crippen molar-refractivity contribution in [3.8, 4) is 5.75 Å². The van der Waals surface area contributed by atoms with Crippen LogP contribution in [0.25, 0.3) is 0 Å². The maximum absolute atomic E-state index is 10.1. The molecule has 3 atom stereocenters. The van der Waals surface area contributed by atoms with Crippen LogP contribution in [0, 0.1) is 12.8 Å². The highest BCUT2D eigenvalue weighted by molar-refractivity contribution is 5.49. The van der Waals surface area contributed by atoms with Gasteiger partial charge in [0.2, 0.25) is 0 Å². The van der Waals surface area contributed by atoms with Gasteiger partial charge in [-0.2, -0.15) is 0 Å². The van der Waals surface area contributed by atoms with Crippen molar-refractivity contribution in [3.05, 3.63) is 28.8 Å². The fraction of sp³-hybridized carbons (Fsp3) is 0.667. The number of piperidine rings is 1. The van der Waals surface area contributed by atoms with Gasteiger partial charge in [-0.3, -0.25) is 0 Å². The zero-order valence-electron chi connectivity index (χ0n) is 12.7. The summed E-state index contributed by atoms with van der Waals surface area (Å²) in [6, 6.07) is 4.77. The molecule has 2 fully saturated rings. The van der Waals surface area contributed by atoms with Crippen LogP contribution in [-0.2, 0) is 11.8 Å². The maximum atomic E-state index is 10.1. The molecule has 1 heterocycles. The summed E-state index contributed by atoms with van der Waals surface area (Å²) in [5.74, 6) is 1.28. The Kier molecular flexibility index (Phi) is 2.69. The molecule has 108 valence electrons. The van der Waals surface area contributed by atoms with Crippen LogP contribution in [-0.4, -0.2) is 29.6 Å². The van der Waals surface area contributed by atoms with Crippen LogP contribution in [0.2, 0.25) is 0 Å². The van der Waals surface area contributed by atoms with Gasteiger partial charge in [0.25, 0.3) is 0 Å². The average molecular weight is 271 g/mol. The topological polar surface area (TPSA) is 23.5 Å². The molecule has 0 amide bonds. The number of nitrogens with zero attached hydrogens (tertiary/aromatic N) is 1. The van der Waals surface area contributed by atoms with Gasteiger partial charge < -0.3 is 10.0 Å². The van der Waals surface area contributed by atoms with E-state index in [2.05, 4.69) is 24.9 Å². The minimum Gasteiger partial charge on any atom is -0.508 e. The summed E-state index contributed by atoms with van der Waals surface area (Å²) in [7, 11) is 2.31. The summed E-state index contributed by atoms with van der Waals surface area (Å²) in [6.45, 7) is 3.39. The number of hydrogen-bond donors (Lipinski definition) is 1. The van der Waals surface area contributed by atoms with E-state index in [-0.39, 0.29) is 0 Å². The number of aromatic hydroxyl groups is 1. The summed E-state index contributed by atoms with van der Waals surface area (Å²) >= 11 is 0. The Morgan fingerprint density at radius 1 is 1.25 bits per heavy atom. The molecule has 0 radical (unpaired) electrons. The lowest BCUT2D eigenvalue weighted by Gasteiger charge is -2.58. The molecular formula is C18H25NO. The Labute approximate surface area is 121 Å². The van der Waals surface area contributed by atoms with Gasteiger partial charge in [0.05, 0.1) is 0 Å². The SMILES string of the molecule is Cc1cc(O)cc2c1C[C@@H]1[C@@H]3CCCC[C@]23CCN1C. The minimum atomic E-state index is 0.368. The number of rotatable bonds is 0. The van der Waals surface area contributed by atoms with Gasteiger partial charge in [0.15, 0.2) is 0 Å². The Morgan fingerprint density at radius 3 is 2.95 bits per heavy atom. The van der Waals surface area contributed by atoms with Gasteiger partial charge >= 0.3 is 0 Å². The van der Waals surface area contributed by atoms with Gasteiger partial charge in [-0.05, 0) is 80.9 Å². The highest BCUT2D eigenvalue weighted by Crippen LogP contribution is 2.56. The number of aryl methyl sites for hydroxylation is 1. The van der Waals surface area contributed by atoms with E-state index in [1.165, 1.54) is 61.8 Å². The third-order valence-electron chi connectivity index (χ3n) is 6.45. The lowest BCUT2D eigenvalue weighted by molar-refractivity contribution is 0.00257. The number of phenolic OH excluding ortho intramolecular Hbond substituents is 1. The van der Waals surface area contributed by atoms with E-state index in [4.69, 9.17) is 0 Å². The standard InChI is InChI=1S/C18H25NO/c1-12-9-13(20)10-16-14(12)11-17-15-5-3-4-6-18(15,16)7-8-19(17)2/h9-10,15,17,20H,3-8,11H2,1-2H3/t15-,17+,18+/m0/s1. The highest BCUT2D eigenvalue weighted by atomic mass is 16.3. The van der Waals surface area contributed by atoms with Crippen molar-refractivity contribution < 1.29 is 5.11 Å². The Balaban J connectivity index is 1.94. The van der Waals surface area contributed by atoms with Crippen molar-refractivity contribution in [2.75, 3.05) is 13.6 Å². The summed E-state index contributed by atoms with van der Waals surface area (Å²) in [5, 5.41) is 10.1. The van der Waals surface area contributed by atoms with Crippen LogP contribution in [0.5, 0.6) is 5.75 Å². The van der Waals surface area contributed by atoms with Crippen molar-refractivity contribution >= 4 is 0 Å². The van der Waals surface area contributed by atoms with Crippen molar-refractivity contribution in [1.29, 1.82) is 0 Å². The quantitative estimate of drug-likeness (QED) is 0.782. The van der Waals surface area contributed by atoms with Gasteiger partial charge in [-0.15, -0.1) is 0 Å². The monoisotopic (exact) mass is 271 g/mol. The van der Waals surface area contributed by atoms with Gasteiger partial charge in [-0.25, -0.2) is 0 Å². The van der Waals surface area contributed by atoms with E-state index in [1.54, 1.807) is 0 Å². The van der Waals surface area contributed by atoms with Crippen LogP contribution in [0.1, 0.15) is 48.8 Å². The van der Waals surface area contributed by atoms with Crippen LogP contribution >= 0.6 is 0 Å². The maximum Gasteiger partial charge on any atom is 0.116 e. The van der Waals surface area contributed by atoms with Crippen LogP contribution in [0.4, 0.5) is 0 Å². The zero-order chi connectivity index (χ0) is 13.9. The molecule has 4 rings (SSSR count). The molecule has 1 aromatic rings. The van der Waals surface area contributed by atoms with E-state index >= 15 is 0 Å². The molecule has 2 bridgehead atoms. The number of hydrogen-bond acceptors (Lipinski definition) is 2. The van der Waals surface area contributed by atoms with Gasteiger partial charge in [-0.1, -0.05) is 12.8 Å². The molecule has 1 aromatic carbocycles. The normalized spacial score (nSPS) is 36.3. The summed E-state index contributed by atoms with van der Waals surface area (Å²) in [5.41, 5.74) is 4.71. The molecule has 1 N–H and O–H groups in total. The van der Waals surface area contributed by atoms with Gasteiger partial charge in [0.1, 0.15) is 5.75 Å². The van der Waals surface area contributed by atoms with E-state index < -0.39 is 0 Å². The lowest BCUT2D eigenvalue weighted by atomic mass is 9.52. The van der Waals surface area contributed by atoms with E-state index in [0.29, 0.717) is 11.2 Å². The fourth-order valence-electron chi connectivity index (χ4n) is 5.48. The third kappa shape index (κ3) is 1.54. The Hall–Kier alpha value is -1.02. The molecule has 1 saturated carbocycles. The van der Waals surface area contributed by atoms with E-state index in [1.807, 2.05) is 6.07 Å². The van der Waals surface area contributed by atoms with Crippen LogP contribution in [0.3, 0.4) is 0 Å². The number of likely N-dealkylation sites (tertiary alicyclic amines) is 1. The van der Waals surface area contributed by atoms with E-state index in [9.17, 15) is 5.11 Å². The molecular weight excluding hydrogens is 246 g/mol. The largest absolute Gasteiger partial charge is 0.508 e. The summed E-state index contributed by atoms with van der Waals surface area (Å²) in [6.07, 6.45) is 7.93. The first-order valence-electron chi connectivity index (χ1n) is 8.15. The number of benzene rings is 1. The Morgan fingerprint density at radius 2 is 2.10 bits per heavy atom. The molecule has 3 aliphatic rings. The predicted octanol–water partition coefficient (Wildman–Crippen LogP) is 3.39. The predicted molar refractivity (Wildman–Crippen MR) is 81.2 cm³/mol. The fourth-order valence-corrected chi connectivity index (χ4v) is 5.48. The van der Waals surface area contributed by atoms with Crippen LogP contribution < -0.4 is 0 Å². The summed E-state index contributed by atoms with van der Waals surface area (Å²) < 4.78 is 0. The first-order chi connectivity index (χ1) is 9.62. The second-order valence-electron chi connectivity index (χ2n) is 7.30. The van der Waals surface area contributed by atoms with Crippen molar-refractivity contribution in [2.45, 2.75) is 56.9 Å². The molecule has 20 heavy (non-hydrogen) atoms. The molecule has 2 nitrogen and oxygen atoms in total. The van der Waals surface area contributed by atoms with Crippen molar-refractivity contribution in [2.24, 2.45) is 5.92 Å². The minimum absolute atomic E-state index is 0.368. The first-order valence-corrected chi connectivity index (χ1v) is 8.15.